The predicted molar refractivity (Wildman–Crippen MR) is 137 cm³/mol. The predicted octanol–water partition coefficient (Wildman–Crippen LogP) is 5.63. The van der Waals surface area contributed by atoms with Gasteiger partial charge in [-0.25, -0.2) is 4.39 Å². The lowest BCUT2D eigenvalue weighted by Crippen LogP contribution is -2.29. The van der Waals surface area contributed by atoms with Crippen molar-refractivity contribution in [2.24, 2.45) is 0 Å². The summed E-state index contributed by atoms with van der Waals surface area (Å²) in [6, 6.07) is 22.2. The van der Waals surface area contributed by atoms with E-state index in [-0.39, 0.29) is 17.7 Å². The van der Waals surface area contributed by atoms with Crippen LogP contribution in [0.15, 0.2) is 101 Å². The van der Waals surface area contributed by atoms with Crippen LogP contribution in [0.1, 0.15) is 28.5 Å². The van der Waals surface area contributed by atoms with Crippen molar-refractivity contribution < 1.29 is 33.0 Å². The molecule has 0 bridgehead atoms. The monoisotopic (exact) mass is 513 g/mol. The Labute approximate surface area is 218 Å². The van der Waals surface area contributed by atoms with Crippen molar-refractivity contribution in [3.63, 3.8) is 0 Å². The molecular formula is C30H24FNO6. The van der Waals surface area contributed by atoms with E-state index in [0.29, 0.717) is 29.4 Å². The molecule has 8 heteroatoms. The van der Waals surface area contributed by atoms with Gasteiger partial charge in [0, 0.05) is 5.56 Å². The average Bonchev–Trinajstić information content (AvgIpc) is 3.55. The number of ether oxygens (including phenoxy) is 2. The summed E-state index contributed by atoms with van der Waals surface area (Å²) in [5.74, 6) is -1.21. The first-order chi connectivity index (χ1) is 18.5. The molecule has 1 atom stereocenters. The number of likely N-dealkylation sites (tertiary alicyclic amines) is 1. The Morgan fingerprint density at radius 3 is 2.42 bits per heavy atom. The van der Waals surface area contributed by atoms with Gasteiger partial charge in [0.15, 0.2) is 11.5 Å². The molecule has 1 unspecified atom stereocenters. The zero-order chi connectivity index (χ0) is 26.6. The van der Waals surface area contributed by atoms with Crippen LogP contribution in [-0.4, -0.2) is 28.8 Å². The molecule has 3 aromatic carbocycles. The third kappa shape index (κ3) is 4.88. The van der Waals surface area contributed by atoms with Gasteiger partial charge in [-0.2, -0.15) is 0 Å². The first-order valence-corrected chi connectivity index (χ1v) is 11.9. The van der Waals surface area contributed by atoms with E-state index in [1.54, 1.807) is 30.3 Å². The van der Waals surface area contributed by atoms with Crippen molar-refractivity contribution in [3.8, 4) is 11.5 Å². The van der Waals surface area contributed by atoms with Crippen molar-refractivity contribution in [2.75, 3.05) is 7.11 Å². The minimum atomic E-state index is -0.956. The van der Waals surface area contributed by atoms with E-state index < -0.39 is 29.3 Å². The number of nitrogens with zero attached hydrogens (tertiary/aromatic N) is 1. The zero-order valence-corrected chi connectivity index (χ0v) is 20.5. The summed E-state index contributed by atoms with van der Waals surface area (Å²) in [5.41, 5.74) is 1.59. The number of furan rings is 1. The molecule has 1 amide bonds. The van der Waals surface area contributed by atoms with Crippen LogP contribution in [0.25, 0.3) is 5.76 Å². The lowest BCUT2D eigenvalue weighted by molar-refractivity contribution is -0.140. The highest BCUT2D eigenvalue weighted by molar-refractivity contribution is 6.46. The number of rotatable bonds is 8. The van der Waals surface area contributed by atoms with Gasteiger partial charge < -0.3 is 23.9 Å². The third-order valence-electron chi connectivity index (χ3n) is 6.30. The standard InChI is InChI=1S/C30H24FNO6/c1-36-25-16-21(11-14-24(25)38-18-19-6-3-2-4-7-19)27-26(28(33)20-9-12-22(31)13-10-20)29(34)30(35)32(27)17-23-8-5-15-37-23/h2-16,27,33H,17-18H2,1H3. The average molecular weight is 514 g/mol. The number of benzene rings is 3. The fraction of sp³-hybridized carbons (Fsp3) is 0.133. The highest BCUT2D eigenvalue weighted by Gasteiger charge is 2.46. The Bertz CT molecular complexity index is 1480. The normalized spacial score (nSPS) is 16.6. The molecule has 0 aliphatic carbocycles. The summed E-state index contributed by atoms with van der Waals surface area (Å²) >= 11 is 0. The largest absolute Gasteiger partial charge is 0.507 e. The summed E-state index contributed by atoms with van der Waals surface area (Å²) in [6.45, 7) is 0.315. The van der Waals surface area contributed by atoms with Gasteiger partial charge in [0.05, 0.1) is 31.5 Å². The van der Waals surface area contributed by atoms with E-state index in [1.807, 2.05) is 30.3 Å². The molecule has 4 aromatic rings. The number of carbonyl (C=O) groups excluding carboxylic acids is 2. The van der Waals surface area contributed by atoms with Crippen molar-refractivity contribution in [2.45, 2.75) is 19.2 Å². The number of hydrogen-bond donors (Lipinski definition) is 1. The number of methoxy groups -OCH3 is 1. The van der Waals surface area contributed by atoms with Crippen molar-refractivity contribution in [1.82, 2.24) is 4.90 Å². The number of carbonyl (C=O) groups is 2. The summed E-state index contributed by atoms with van der Waals surface area (Å²) < 4.78 is 30.5. The molecule has 1 N–H and O–H groups in total. The second-order valence-electron chi connectivity index (χ2n) is 8.70. The van der Waals surface area contributed by atoms with E-state index in [0.717, 1.165) is 5.56 Å². The Morgan fingerprint density at radius 1 is 0.974 bits per heavy atom. The maximum Gasteiger partial charge on any atom is 0.296 e. The van der Waals surface area contributed by atoms with Gasteiger partial charge in [0.2, 0.25) is 0 Å². The molecule has 192 valence electrons. The Morgan fingerprint density at radius 2 is 1.74 bits per heavy atom. The summed E-state index contributed by atoms with van der Waals surface area (Å²) in [7, 11) is 1.49. The molecule has 1 aliphatic heterocycles. The quantitative estimate of drug-likeness (QED) is 0.187. The van der Waals surface area contributed by atoms with Gasteiger partial charge in [-0.15, -0.1) is 0 Å². The van der Waals surface area contributed by atoms with Crippen LogP contribution in [0, 0.1) is 5.82 Å². The zero-order valence-electron chi connectivity index (χ0n) is 20.5. The molecule has 38 heavy (non-hydrogen) atoms. The first-order valence-electron chi connectivity index (χ1n) is 11.9. The number of ketones is 1. The lowest BCUT2D eigenvalue weighted by Gasteiger charge is -2.25. The fourth-order valence-electron chi connectivity index (χ4n) is 4.43. The minimum absolute atomic E-state index is 0.00296. The summed E-state index contributed by atoms with van der Waals surface area (Å²) in [4.78, 5) is 27.7. The summed E-state index contributed by atoms with van der Waals surface area (Å²) in [6.07, 6.45) is 1.47. The molecular weight excluding hydrogens is 489 g/mol. The maximum absolute atomic E-state index is 13.5. The van der Waals surface area contributed by atoms with Crippen LogP contribution in [0.4, 0.5) is 4.39 Å². The van der Waals surface area contributed by atoms with E-state index in [1.165, 1.54) is 42.5 Å². The highest BCUT2D eigenvalue weighted by atomic mass is 19.1. The van der Waals surface area contributed by atoms with Gasteiger partial charge >= 0.3 is 0 Å². The van der Waals surface area contributed by atoms with Crippen molar-refractivity contribution in [1.29, 1.82) is 0 Å². The van der Waals surface area contributed by atoms with Crippen molar-refractivity contribution in [3.05, 3.63) is 125 Å². The van der Waals surface area contributed by atoms with Gasteiger partial charge in [-0.1, -0.05) is 36.4 Å². The molecule has 7 nitrogen and oxygen atoms in total. The fourth-order valence-corrected chi connectivity index (χ4v) is 4.43. The molecule has 1 aliphatic rings. The summed E-state index contributed by atoms with van der Waals surface area (Å²) in [5, 5.41) is 11.1. The molecule has 1 aromatic heterocycles. The second-order valence-corrected chi connectivity index (χ2v) is 8.70. The SMILES string of the molecule is COc1cc(C2C(=C(O)c3ccc(F)cc3)C(=O)C(=O)N2Cc2ccco2)ccc1OCc1ccccc1. The van der Waals surface area contributed by atoms with Gasteiger partial charge in [-0.3, -0.25) is 9.59 Å². The Kier molecular flexibility index (Phi) is 6.95. The van der Waals surface area contributed by atoms with E-state index in [9.17, 15) is 19.1 Å². The van der Waals surface area contributed by atoms with E-state index >= 15 is 0 Å². The van der Waals surface area contributed by atoms with Crippen LogP contribution in [0.3, 0.4) is 0 Å². The molecule has 1 fully saturated rings. The first kappa shape index (κ1) is 24.8. The van der Waals surface area contributed by atoms with Crippen molar-refractivity contribution >= 4 is 17.4 Å². The van der Waals surface area contributed by atoms with Crippen LogP contribution in [-0.2, 0) is 22.7 Å². The number of amides is 1. The third-order valence-corrected chi connectivity index (χ3v) is 6.30. The van der Waals surface area contributed by atoms with Gasteiger partial charge in [0.25, 0.3) is 11.7 Å². The van der Waals surface area contributed by atoms with Crippen LogP contribution >= 0.6 is 0 Å². The van der Waals surface area contributed by atoms with Gasteiger partial charge in [0.1, 0.15) is 23.9 Å². The van der Waals surface area contributed by atoms with E-state index in [2.05, 4.69) is 0 Å². The Hall–Kier alpha value is -4.85. The topological polar surface area (TPSA) is 89.2 Å². The van der Waals surface area contributed by atoms with Crippen LogP contribution in [0.5, 0.6) is 11.5 Å². The molecule has 2 heterocycles. The van der Waals surface area contributed by atoms with Crippen LogP contribution < -0.4 is 9.47 Å². The number of hydrogen-bond acceptors (Lipinski definition) is 6. The maximum atomic E-state index is 13.5. The van der Waals surface area contributed by atoms with Crippen LogP contribution in [0.2, 0.25) is 0 Å². The second kappa shape index (κ2) is 10.6. The highest BCUT2D eigenvalue weighted by Crippen LogP contribution is 2.42. The molecule has 0 radical (unpaired) electrons. The van der Waals surface area contributed by atoms with E-state index in [4.69, 9.17) is 13.9 Å². The molecule has 0 spiro atoms. The molecule has 0 saturated carbocycles. The molecule has 5 rings (SSSR count). The minimum Gasteiger partial charge on any atom is -0.507 e. The number of Topliss-reactive ketones (excluding diaryl/α,β-unsaturated/α-hetero) is 1. The Balaban J connectivity index is 1.56. The smallest absolute Gasteiger partial charge is 0.296 e. The molecule has 1 saturated heterocycles. The number of halogens is 1. The van der Waals surface area contributed by atoms with Gasteiger partial charge in [-0.05, 0) is 59.7 Å². The lowest BCUT2D eigenvalue weighted by atomic mass is 9.95. The number of aliphatic hydroxyl groups excluding tert-OH is 1. The number of aliphatic hydroxyl groups is 1.